The summed E-state index contributed by atoms with van der Waals surface area (Å²) in [5.74, 6) is 0.954. The van der Waals surface area contributed by atoms with E-state index in [2.05, 4.69) is 40.2 Å². The second kappa shape index (κ2) is 5.25. The summed E-state index contributed by atoms with van der Waals surface area (Å²) < 4.78 is 2.18. The highest BCUT2D eigenvalue weighted by Gasteiger charge is 2.22. The summed E-state index contributed by atoms with van der Waals surface area (Å²) >= 11 is 1.69. The van der Waals surface area contributed by atoms with Gasteiger partial charge in [0, 0.05) is 34.6 Å². The normalized spacial score (nSPS) is 14.3. The lowest BCUT2D eigenvalue weighted by atomic mass is 10.2. The summed E-state index contributed by atoms with van der Waals surface area (Å²) in [6.45, 7) is 4.24. The lowest BCUT2D eigenvalue weighted by molar-refractivity contribution is 0.923. The molecule has 3 heterocycles. The maximum absolute atomic E-state index is 4.74. The van der Waals surface area contributed by atoms with Gasteiger partial charge in [0.15, 0.2) is 5.13 Å². The van der Waals surface area contributed by atoms with Crippen LogP contribution in [0.4, 0.5) is 5.13 Å². The molecule has 0 spiro atoms. The summed E-state index contributed by atoms with van der Waals surface area (Å²) in [6, 6.07) is 8.82. The fraction of sp³-hybridized carbons (Fsp3) is 0.294. The van der Waals surface area contributed by atoms with Crippen LogP contribution in [0.25, 0.3) is 17.1 Å². The molecular weight excluding hydrogens is 292 g/mol. The Morgan fingerprint density at radius 3 is 2.86 bits per heavy atom. The van der Waals surface area contributed by atoms with Gasteiger partial charge in [-0.1, -0.05) is 6.07 Å². The molecule has 22 heavy (non-hydrogen) atoms. The third-order valence-corrected chi connectivity index (χ3v) is 4.77. The van der Waals surface area contributed by atoms with E-state index in [-0.39, 0.29) is 0 Å². The number of pyridine rings is 1. The highest BCUT2D eigenvalue weighted by atomic mass is 32.1. The molecular formula is C17H18N4S. The molecule has 3 aromatic heterocycles. The Morgan fingerprint density at radius 2 is 2.14 bits per heavy atom. The second-order valence-electron chi connectivity index (χ2n) is 5.76. The van der Waals surface area contributed by atoms with E-state index in [4.69, 9.17) is 4.98 Å². The average Bonchev–Trinajstić information content (AvgIpc) is 3.12. The van der Waals surface area contributed by atoms with Crippen LogP contribution in [0, 0.1) is 13.8 Å². The summed E-state index contributed by atoms with van der Waals surface area (Å²) in [5, 5.41) is 6.63. The molecule has 112 valence electrons. The maximum Gasteiger partial charge on any atom is 0.183 e. The van der Waals surface area contributed by atoms with Gasteiger partial charge in [0.1, 0.15) is 5.82 Å². The molecule has 3 aromatic rings. The lowest BCUT2D eigenvalue weighted by Crippen LogP contribution is -2.01. The molecule has 0 unspecified atom stereocenters. The van der Waals surface area contributed by atoms with Gasteiger partial charge in [0.2, 0.25) is 0 Å². The minimum Gasteiger partial charge on any atom is -0.359 e. The first-order valence-corrected chi connectivity index (χ1v) is 8.43. The van der Waals surface area contributed by atoms with E-state index < -0.39 is 0 Å². The summed E-state index contributed by atoms with van der Waals surface area (Å²) in [6.07, 6.45) is 4.36. The van der Waals surface area contributed by atoms with Gasteiger partial charge in [-0.2, -0.15) is 0 Å². The minimum absolute atomic E-state index is 0.639. The Morgan fingerprint density at radius 1 is 1.27 bits per heavy atom. The summed E-state index contributed by atoms with van der Waals surface area (Å²) in [4.78, 5) is 9.21. The zero-order chi connectivity index (χ0) is 15.1. The molecule has 0 bridgehead atoms. The molecule has 1 saturated carbocycles. The third-order valence-electron chi connectivity index (χ3n) is 3.99. The molecule has 1 aliphatic rings. The Bertz CT molecular complexity index is 799. The van der Waals surface area contributed by atoms with E-state index in [0.29, 0.717) is 6.04 Å². The number of hydrogen-bond donors (Lipinski definition) is 1. The zero-order valence-corrected chi connectivity index (χ0v) is 13.5. The molecule has 0 saturated heterocycles. The van der Waals surface area contributed by atoms with Gasteiger partial charge in [0.05, 0.1) is 5.69 Å². The first-order valence-electron chi connectivity index (χ1n) is 7.55. The molecule has 5 heteroatoms. The van der Waals surface area contributed by atoms with Crippen molar-refractivity contribution in [1.82, 2.24) is 14.5 Å². The monoisotopic (exact) mass is 310 g/mol. The first-order chi connectivity index (χ1) is 10.7. The predicted octanol–water partition coefficient (Wildman–Crippen LogP) is 4.19. The Hall–Kier alpha value is -2.14. The van der Waals surface area contributed by atoms with Crippen molar-refractivity contribution in [2.75, 3.05) is 5.32 Å². The van der Waals surface area contributed by atoms with Crippen LogP contribution >= 0.6 is 11.3 Å². The van der Waals surface area contributed by atoms with Crippen LogP contribution in [0.2, 0.25) is 0 Å². The minimum atomic E-state index is 0.639. The number of hydrogen-bond acceptors (Lipinski definition) is 4. The van der Waals surface area contributed by atoms with E-state index in [0.717, 1.165) is 16.6 Å². The van der Waals surface area contributed by atoms with Gasteiger partial charge >= 0.3 is 0 Å². The summed E-state index contributed by atoms with van der Waals surface area (Å²) in [7, 11) is 0. The SMILES string of the molecule is Cc1cc(-c2csc(NC3CC3)n2)c(C)n1-c1ccccn1. The van der Waals surface area contributed by atoms with Crippen molar-refractivity contribution in [3.05, 3.63) is 47.2 Å². The Labute approximate surface area is 133 Å². The van der Waals surface area contributed by atoms with E-state index >= 15 is 0 Å². The maximum atomic E-state index is 4.74. The second-order valence-corrected chi connectivity index (χ2v) is 6.62. The van der Waals surface area contributed by atoms with Gasteiger partial charge in [-0.15, -0.1) is 11.3 Å². The Balaban J connectivity index is 1.72. The average molecular weight is 310 g/mol. The van der Waals surface area contributed by atoms with Crippen molar-refractivity contribution in [1.29, 1.82) is 0 Å². The van der Waals surface area contributed by atoms with Crippen LogP contribution in [0.1, 0.15) is 24.2 Å². The number of aromatic nitrogens is 3. The molecule has 0 aromatic carbocycles. The van der Waals surface area contributed by atoms with Gasteiger partial charge < -0.3 is 9.88 Å². The quantitative estimate of drug-likeness (QED) is 0.786. The molecule has 4 nitrogen and oxygen atoms in total. The van der Waals surface area contributed by atoms with Crippen LogP contribution < -0.4 is 5.32 Å². The van der Waals surface area contributed by atoms with Crippen LogP contribution in [-0.4, -0.2) is 20.6 Å². The van der Waals surface area contributed by atoms with Crippen molar-refractivity contribution < 1.29 is 0 Å². The predicted molar refractivity (Wildman–Crippen MR) is 90.8 cm³/mol. The van der Waals surface area contributed by atoms with Crippen LogP contribution in [0.5, 0.6) is 0 Å². The first kappa shape index (κ1) is 13.5. The lowest BCUT2D eigenvalue weighted by Gasteiger charge is -2.08. The van der Waals surface area contributed by atoms with Crippen molar-refractivity contribution in [3.63, 3.8) is 0 Å². The van der Waals surface area contributed by atoms with E-state index in [1.165, 1.54) is 29.8 Å². The molecule has 0 amide bonds. The number of thiazole rings is 1. The molecule has 1 fully saturated rings. The number of anilines is 1. The fourth-order valence-corrected chi connectivity index (χ4v) is 3.52. The van der Waals surface area contributed by atoms with E-state index in [1.807, 2.05) is 24.4 Å². The molecule has 1 aliphatic carbocycles. The molecule has 0 aliphatic heterocycles. The summed E-state index contributed by atoms with van der Waals surface area (Å²) in [5.41, 5.74) is 4.59. The van der Waals surface area contributed by atoms with Gasteiger partial charge in [0.25, 0.3) is 0 Å². The fourth-order valence-electron chi connectivity index (χ4n) is 2.73. The zero-order valence-electron chi connectivity index (χ0n) is 12.7. The van der Waals surface area contributed by atoms with Gasteiger partial charge in [-0.25, -0.2) is 9.97 Å². The molecule has 0 atom stereocenters. The molecule has 1 N–H and O–H groups in total. The van der Waals surface area contributed by atoms with Crippen molar-refractivity contribution in [3.8, 4) is 17.1 Å². The smallest absolute Gasteiger partial charge is 0.183 e. The van der Waals surface area contributed by atoms with Gasteiger partial charge in [-0.3, -0.25) is 0 Å². The van der Waals surface area contributed by atoms with Crippen LogP contribution in [0.15, 0.2) is 35.8 Å². The Kier molecular flexibility index (Phi) is 3.22. The van der Waals surface area contributed by atoms with Crippen molar-refractivity contribution >= 4 is 16.5 Å². The number of nitrogens with one attached hydrogen (secondary N) is 1. The number of aryl methyl sites for hydroxylation is 1. The standard InChI is InChI=1S/C17H18N4S/c1-11-9-14(12(2)21(11)16-5-3-4-8-18-16)15-10-22-17(20-15)19-13-6-7-13/h3-5,8-10,13H,6-7H2,1-2H3,(H,19,20). The van der Waals surface area contributed by atoms with Gasteiger partial charge in [-0.05, 0) is 44.9 Å². The molecule has 0 radical (unpaired) electrons. The topological polar surface area (TPSA) is 42.7 Å². The third kappa shape index (κ3) is 2.41. The largest absolute Gasteiger partial charge is 0.359 e. The van der Waals surface area contributed by atoms with Crippen LogP contribution in [0.3, 0.4) is 0 Å². The van der Waals surface area contributed by atoms with Crippen LogP contribution in [-0.2, 0) is 0 Å². The highest BCUT2D eigenvalue weighted by Crippen LogP contribution is 2.33. The van der Waals surface area contributed by atoms with E-state index in [9.17, 15) is 0 Å². The van der Waals surface area contributed by atoms with Crippen molar-refractivity contribution in [2.45, 2.75) is 32.7 Å². The van der Waals surface area contributed by atoms with Crippen molar-refractivity contribution in [2.24, 2.45) is 0 Å². The molecule has 4 rings (SSSR count). The number of nitrogens with zero attached hydrogens (tertiary/aromatic N) is 3. The highest BCUT2D eigenvalue weighted by molar-refractivity contribution is 7.14. The van der Waals surface area contributed by atoms with E-state index in [1.54, 1.807) is 11.3 Å². The number of rotatable bonds is 4.